The van der Waals surface area contributed by atoms with Crippen molar-refractivity contribution in [3.8, 4) is 11.5 Å². The van der Waals surface area contributed by atoms with Crippen molar-refractivity contribution < 1.29 is 9.53 Å². The zero-order valence-corrected chi connectivity index (χ0v) is 17.7. The Morgan fingerprint density at radius 3 is 2.47 bits per heavy atom. The van der Waals surface area contributed by atoms with E-state index in [0.29, 0.717) is 19.1 Å². The number of benzene rings is 2. The molecule has 0 radical (unpaired) electrons. The summed E-state index contributed by atoms with van der Waals surface area (Å²) in [6.45, 7) is 4.67. The van der Waals surface area contributed by atoms with Crippen LogP contribution in [0.25, 0.3) is 0 Å². The molecule has 2 aromatic rings. The number of aliphatic imine (C=N–C) groups is 1. The molecular formula is C23H31N5O2. The fourth-order valence-electron chi connectivity index (χ4n) is 3.56. The molecule has 0 saturated carbocycles. The third kappa shape index (κ3) is 6.22. The van der Waals surface area contributed by atoms with E-state index in [0.717, 1.165) is 54.5 Å². The average molecular weight is 410 g/mol. The summed E-state index contributed by atoms with van der Waals surface area (Å²) < 4.78 is 6.16. The lowest BCUT2D eigenvalue weighted by molar-refractivity contribution is -0.119. The molecule has 1 aliphatic rings. The van der Waals surface area contributed by atoms with E-state index in [1.807, 2.05) is 49.4 Å². The number of hydrogen-bond donors (Lipinski definition) is 3. The average Bonchev–Trinajstić information content (AvgIpc) is 2.74. The van der Waals surface area contributed by atoms with Crippen molar-refractivity contribution in [1.29, 1.82) is 0 Å². The van der Waals surface area contributed by atoms with E-state index in [2.05, 4.69) is 26.6 Å². The summed E-state index contributed by atoms with van der Waals surface area (Å²) in [4.78, 5) is 17.5. The molecule has 1 amide bonds. The summed E-state index contributed by atoms with van der Waals surface area (Å²) in [5.41, 5.74) is 7.44. The number of nitrogens with zero attached hydrogens (tertiary/aromatic N) is 2. The number of likely N-dealkylation sites (tertiary alicyclic amines) is 1. The number of ether oxygens (including phenoxy) is 1. The number of carbonyl (C=O) groups is 1. The highest BCUT2D eigenvalue weighted by atomic mass is 16.5. The lowest BCUT2D eigenvalue weighted by Crippen LogP contribution is -2.49. The van der Waals surface area contributed by atoms with Crippen molar-refractivity contribution in [1.82, 2.24) is 15.5 Å². The second-order valence-electron chi connectivity index (χ2n) is 7.56. The van der Waals surface area contributed by atoms with Crippen LogP contribution in [0.3, 0.4) is 0 Å². The van der Waals surface area contributed by atoms with Gasteiger partial charge in [0.2, 0.25) is 5.91 Å². The van der Waals surface area contributed by atoms with Gasteiger partial charge in [0.1, 0.15) is 11.5 Å². The van der Waals surface area contributed by atoms with Gasteiger partial charge in [0.05, 0.1) is 6.54 Å². The molecule has 0 spiro atoms. The minimum Gasteiger partial charge on any atom is -0.457 e. The number of primary amides is 1. The van der Waals surface area contributed by atoms with Crippen LogP contribution in [0, 0.1) is 6.92 Å². The Morgan fingerprint density at radius 1 is 1.13 bits per heavy atom. The Bertz CT molecular complexity index is 875. The predicted octanol–water partition coefficient (Wildman–Crippen LogP) is 2.40. The van der Waals surface area contributed by atoms with Crippen LogP contribution in [0.15, 0.2) is 53.5 Å². The molecule has 0 aromatic heterocycles. The molecule has 160 valence electrons. The van der Waals surface area contributed by atoms with Gasteiger partial charge in [-0.3, -0.25) is 14.7 Å². The molecule has 30 heavy (non-hydrogen) atoms. The normalized spacial score (nSPS) is 15.6. The fourth-order valence-corrected chi connectivity index (χ4v) is 3.56. The number of piperidine rings is 1. The van der Waals surface area contributed by atoms with Crippen LogP contribution in [-0.4, -0.2) is 49.5 Å². The SMILES string of the molecule is CN=C(NCc1ccccc1Oc1ccccc1C)NC1CCN(CC(N)=O)CC1. The third-order valence-corrected chi connectivity index (χ3v) is 5.26. The number of nitrogens with two attached hydrogens (primary N) is 1. The van der Waals surface area contributed by atoms with Crippen LogP contribution in [0.2, 0.25) is 0 Å². The van der Waals surface area contributed by atoms with E-state index >= 15 is 0 Å². The Morgan fingerprint density at radius 2 is 1.80 bits per heavy atom. The van der Waals surface area contributed by atoms with E-state index in [9.17, 15) is 4.79 Å². The van der Waals surface area contributed by atoms with Crippen molar-refractivity contribution >= 4 is 11.9 Å². The van der Waals surface area contributed by atoms with Crippen LogP contribution < -0.4 is 21.1 Å². The van der Waals surface area contributed by atoms with Gasteiger partial charge in [-0.25, -0.2) is 0 Å². The van der Waals surface area contributed by atoms with E-state index in [1.165, 1.54) is 0 Å². The van der Waals surface area contributed by atoms with Gasteiger partial charge >= 0.3 is 0 Å². The van der Waals surface area contributed by atoms with Crippen molar-refractivity contribution in [3.05, 3.63) is 59.7 Å². The summed E-state index contributed by atoms with van der Waals surface area (Å²) in [6, 6.07) is 16.3. The van der Waals surface area contributed by atoms with Crippen LogP contribution >= 0.6 is 0 Å². The first kappa shape index (κ1) is 21.6. The van der Waals surface area contributed by atoms with Crippen molar-refractivity contribution in [3.63, 3.8) is 0 Å². The summed E-state index contributed by atoms with van der Waals surface area (Å²) in [5.74, 6) is 2.17. The number of nitrogens with one attached hydrogen (secondary N) is 2. The molecule has 1 heterocycles. The highest BCUT2D eigenvalue weighted by molar-refractivity contribution is 5.80. The number of amides is 1. The van der Waals surface area contributed by atoms with Gasteiger partial charge in [-0.15, -0.1) is 0 Å². The molecule has 7 nitrogen and oxygen atoms in total. The fraction of sp³-hybridized carbons (Fsp3) is 0.391. The Kier molecular flexibility index (Phi) is 7.68. The molecule has 1 fully saturated rings. The maximum atomic E-state index is 11.1. The van der Waals surface area contributed by atoms with Crippen molar-refractivity contribution in [2.45, 2.75) is 32.4 Å². The molecule has 4 N–H and O–H groups in total. The molecule has 0 aliphatic carbocycles. The number of para-hydroxylation sites is 2. The number of hydrogen-bond acceptors (Lipinski definition) is 4. The van der Waals surface area contributed by atoms with E-state index in [-0.39, 0.29) is 5.91 Å². The van der Waals surface area contributed by atoms with Crippen LogP contribution in [0.5, 0.6) is 11.5 Å². The monoisotopic (exact) mass is 409 g/mol. The van der Waals surface area contributed by atoms with Gasteiger partial charge in [0.15, 0.2) is 5.96 Å². The molecule has 0 atom stereocenters. The first-order valence-electron chi connectivity index (χ1n) is 10.3. The third-order valence-electron chi connectivity index (χ3n) is 5.26. The zero-order valence-electron chi connectivity index (χ0n) is 17.7. The largest absolute Gasteiger partial charge is 0.457 e. The molecule has 2 aromatic carbocycles. The minimum absolute atomic E-state index is 0.273. The first-order valence-corrected chi connectivity index (χ1v) is 10.3. The second kappa shape index (κ2) is 10.6. The molecule has 7 heteroatoms. The highest BCUT2D eigenvalue weighted by Crippen LogP contribution is 2.27. The maximum Gasteiger partial charge on any atom is 0.231 e. The number of guanidine groups is 1. The number of aryl methyl sites for hydroxylation is 1. The Labute approximate surface area is 178 Å². The maximum absolute atomic E-state index is 11.1. The van der Waals surface area contributed by atoms with Gasteiger partial charge in [-0.05, 0) is 37.5 Å². The second-order valence-corrected chi connectivity index (χ2v) is 7.56. The van der Waals surface area contributed by atoms with E-state index in [1.54, 1.807) is 7.05 Å². The number of carbonyl (C=O) groups excluding carboxylic acids is 1. The van der Waals surface area contributed by atoms with E-state index in [4.69, 9.17) is 10.5 Å². The molecule has 3 rings (SSSR count). The van der Waals surface area contributed by atoms with Gasteiger partial charge in [0.25, 0.3) is 0 Å². The quantitative estimate of drug-likeness (QED) is 0.482. The van der Waals surface area contributed by atoms with Crippen LogP contribution in [0.1, 0.15) is 24.0 Å². The van der Waals surface area contributed by atoms with Gasteiger partial charge < -0.3 is 21.1 Å². The lowest BCUT2D eigenvalue weighted by Gasteiger charge is -2.32. The summed E-state index contributed by atoms with van der Waals surface area (Å²) in [6.07, 6.45) is 1.89. The summed E-state index contributed by atoms with van der Waals surface area (Å²) in [7, 11) is 1.77. The topological polar surface area (TPSA) is 92.0 Å². The predicted molar refractivity (Wildman–Crippen MR) is 120 cm³/mol. The smallest absolute Gasteiger partial charge is 0.231 e. The standard InChI is InChI=1S/C23H31N5O2/c1-17-7-3-5-9-20(17)30-21-10-6-4-8-18(21)15-26-23(25-2)27-19-11-13-28(14-12-19)16-22(24)29/h3-10,19H,11-16H2,1-2H3,(H2,24,29)(H2,25,26,27). The van der Waals surface area contributed by atoms with E-state index < -0.39 is 0 Å². The molecule has 0 bridgehead atoms. The summed E-state index contributed by atoms with van der Waals surface area (Å²) >= 11 is 0. The summed E-state index contributed by atoms with van der Waals surface area (Å²) in [5, 5.41) is 6.87. The Balaban J connectivity index is 1.54. The molecule has 0 unspecified atom stereocenters. The molecule has 1 aliphatic heterocycles. The highest BCUT2D eigenvalue weighted by Gasteiger charge is 2.20. The molecular weight excluding hydrogens is 378 g/mol. The van der Waals surface area contributed by atoms with Gasteiger partial charge in [-0.2, -0.15) is 0 Å². The van der Waals surface area contributed by atoms with Crippen molar-refractivity contribution in [2.75, 3.05) is 26.7 Å². The number of rotatable bonds is 7. The van der Waals surface area contributed by atoms with Gasteiger partial charge in [-0.1, -0.05) is 36.4 Å². The van der Waals surface area contributed by atoms with Crippen molar-refractivity contribution in [2.24, 2.45) is 10.7 Å². The van der Waals surface area contributed by atoms with Gasteiger partial charge in [0, 0.05) is 38.3 Å². The lowest BCUT2D eigenvalue weighted by atomic mass is 10.1. The first-order chi connectivity index (χ1) is 14.5. The Hall–Kier alpha value is -3.06. The minimum atomic E-state index is -0.273. The zero-order chi connectivity index (χ0) is 21.3. The van der Waals surface area contributed by atoms with Crippen LogP contribution in [-0.2, 0) is 11.3 Å². The van der Waals surface area contributed by atoms with Crippen LogP contribution in [0.4, 0.5) is 0 Å². The molecule has 1 saturated heterocycles.